The fourth-order valence-electron chi connectivity index (χ4n) is 3.60. The lowest BCUT2D eigenvalue weighted by Crippen LogP contribution is -2.45. The third-order valence-electron chi connectivity index (χ3n) is 5.26. The van der Waals surface area contributed by atoms with Crippen LogP contribution in [-0.2, 0) is 9.59 Å². The van der Waals surface area contributed by atoms with Crippen molar-refractivity contribution in [1.29, 1.82) is 0 Å². The number of fused-ring (bicyclic) bond motifs is 1. The van der Waals surface area contributed by atoms with Crippen LogP contribution < -0.4 is 14.5 Å². The minimum absolute atomic E-state index is 0.108. The molecule has 0 saturated heterocycles. The minimum atomic E-state index is -0.269. The Labute approximate surface area is 175 Å². The van der Waals surface area contributed by atoms with Crippen molar-refractivity contribution < 1.29 is 19.1 Å². The summed E-state index contributed by atoms with van der Waals surface area (Å²) in [7, 11) is 1.72. The number of hydrogen-bond acceptors (Lipinski definition) is 5. The molecule has 156 valence electrons. The third kappa shape index (κ3) is 4.01. The molecule has 0 spiro atoms. The lowest BCUT2D eigenvalue weighted by atomic mass is 10.1. The molecule has 0 aromatic heterocycles. The van der Waals surface area contributed by atoms with E-state index in [1.807, 2.05) is 56.3 Å². The number of hydrazone groups is 1. The molecule has 2 amide bonds. The molecule has 1 atom stereocenters. The summed E-state index contributed by atoms with van der Waals surface area (Å²) in [5.74, 6) is 1.07. The van der Waals surface area contributed by atoms with Crippen LogP contribution >= 0.6 is 0 Å². The van der Waals surface area contributed by atoms with Gasteiger partial charge < -0.3 is 14.4 Å². The van der Waals surface area contributed by atoms with Gasteiger partial charge >= 0.3 is 0 Å². The fraction of sp³-hybridized carbons (Fsp3) is 0.348. The van der Waals surface area contributed by atoms with E-state index in [9.17, 15) is 9.59 Å². The van der Waals surface area contributed by atoms with E-state index >= 15 is 0 Å². The Morgan fingerprint density at radius 3 is 2.73 bits per heavy atom. The van der Waals surface area contributed by atoms with Gasteiger partial charge in [0.05, 0.1) is 12.2 Å². The number of anilines is 1. The molecule has 7 heteroatoms. The van der Waals surface area contributed by atoms with Crippen LogP contribution in [0.25, 0.3) is 0 Å². The van der Waals surface area contributed by atoms with Crippen LogP contribution in [0.3, 0.4) is 0 Å². The maximum Gasteiger partial charge on any atom is 0.269 e. The zero-order valence-electron chi connectivity index (χ0n) is 17.4. The van der Waals surface area contributed by atoms with Crippen molar-refractivity contribution in [3.05, 3.63) is 53.6 Å². The number of benzene rings is 2. The van der Waals surface area contributed by atoms with Gasteiger partial charge in [-0.25, -0.2) is 5.01 Å². The molecule has 0 bridgehead atoms. The predicted molar refractivity (Wildman–Crippen MR) is 114 cm³/mol. The van der Waals surface area contributed by atoms with Gasteiger partial charge in [-0.15, -0.1) is 0 Å². The number of likely N-dealkylation sites (N-methyl/N-ethyl adjacent to an activating group) is 1. The Morgan fingerprint density at radius 2 is 1.93 bits per heavy atom. The van der Waals surface area contributed by atoms with Crippen molar-refractivity contribution in [3.63, 3.8) is 0 Å². The number of rotatable bonds is 4. The van der Waals surface area contributed by atoms with E-state index in [1.54, 1.807) is 11.9 Å². The summed E-state index contributed by atoms with van der Waals surface area (Å²) in [6.45, 7) is 4.63. The standard InChI is InChI=1S/C23H25N3O4/c1-15-8-9-16(2)19(12-15)26-22(27)11-10-18(24-26)23(28)25(3)13-17-14-29-20-6-4-5-7-21(20)30-17/h4-9,12,17H,10-11,13-14H2,1-3H3. The summed E-state index contributed by atoms with van der Waals surface area (Å²) in [4.78, 5) is 27.1. The van der Waals surface area contributed by atoms with Crippen molar-refractivity contribution in [2.24, 2.45) is 5.10 Å². The van der Waals surface area contributed by atoms with Crippen LogP contribution in [0.2, 0.25) is 0 Å². The molecule has 0 saturated carbocycles. The Bertz CT molecular complexity index is 1020. The molecule has 2 aromatic rings. The quantitative estimate of drug-likeness (QED) is 0.781. The second-order valence-corrected chi connectivity index (χ2v) is 7.73. The van der Waals surface area contributed by atoms with Crippen molar-refractivity contribution in [1.82, 2.24) is 4.90 Å². The molecule has 0 aliphatic carbocycles. The highest BCUT2D eigenvalue weighted by Crippen LogP contribution is 2.31. The Balaban J connectivity index is 1.48. The Morgan fingerprint density at radius 1 is 1.17 bits per heavy atom. The van der Waals surface area contributed by atoms with Gasteiger partial charge in [0, 0.05) is 19.9 Å². The van der Waals surface area contributed by atoms with Crippen LogP contribution in [0.15, 0.2) is 47.6 Å². The molecule has 1 unspecified atom stereocenters. The third-order valence-corrected chi connectivity index (χ3v) is 5.26. The molecule has 30 heavy (non-hydrogen) atoms. The normalized spacial score (nSPS) is 18.1. The lowest BCUT2D eigenvalue weighted by Gasteiger charge is -2.31. The number of carbonyl (C=O) groups is 2. The zero-order valence-corrected chi connectivity index (χ0v) is 17.4. The first-order valence-corrected chi connectivity index (χ1v) is 10.0. The average molecular weight is 407 g/mol. The monoisotopic (exact) mass is 407 g/mol. The average Bonchev–Trinajstić information content (AvgIpc) is 2.75. The number of para-hydroxylation sites is 2. The molecule has 0 fully saturated rings. The molecular weight excluding hydrogens is 382 g/mol. The second kappa shape index (κ2) is 8.18. The molecule has 4 rings (SSSR count). The van der Waals surface area contributed by atoms with Crippen LogP contribution in [0.1, 0.15) is 24.0 Å². The summed E-state index contributed by atoms with van der Waals surface area (Å²) in [5, 5.41) is 5.79. The second-order valence-electron chi connectivity index (χ2n) is 7.73. The summed E-state index contributed by atoms with van der Waals surface area (Å²) in [6, 6.07) is 13.3. The number of ether oxygens (including phenoxy) is 2. The van der Waals surface area contributed by atoms with E-state index in [4.69, 9.17) is 9.47 Å². The molecule has 2 heterocycles. The predicted octanol–water partition coefficient (Wildman–Crippen LogP) is 3.08. The van der Waals surface area contributed by atoms with E-state index < -0.39 is 0 Å². The van der Waals surface area contributed by atoms with Gasteiger partial charge in [-0.3, -0.25) is 9.59 Å². The molecular formula is C23H25N3O4. The van der Waals surface area contributed by atoms with Gasteiger partial charge in [-0.05, 0) is 43.2 Å². The summed E-state index contributed by atoms with van der Waals surface area (Å²) < 4.78 is 11.7. The zero-order chi connectivity index (χ0) is 21.3. The first-order chi connectivity index (χ1) is 14.4. The minimum Gasteiger partial charge on any atom is -0.486 e. The molecule has 2 aliphatic heterocycles. The Kier molecular flexibility index (Phi) is 5.44. The van der Waals surface area contributed by atoms with Crippen LogP contribution in [0, 0.1) is 13.8 Å². The number of carbonyl (C=O) groups excluding carboxylic acids is 2. The van der Waals surface area contributed by atoms with Gasteiger partial charge in [0.2, 0.25) is 5.91 Å². The first-order valence-electron chi connectivity index (χ1n) is 10.0. The van der Waals surface area contributed by atoms with Crippen molar-refractivity contribution in [3.8, 4) is 11.5 Å². The van der Waals surface area contributed by atoms with E-state index in [-0.39, 0.29) is 24.3 Å². The van der Waals surface area contributed by atoms with Crippen LogP contribution in [-0.4, -0.2) is 48.7 Å². The largest absolute Gasteiger partial charge is 0.486 e. The van der Waals surface area contributed by atoms with E-state index in [2.05, 4.69) is 5.10 Å². The maximum absolute atomic E-state index is 13.0. The SMILES string of the molecule is Cc1ccc(C)c(N2N=C(C(=O)N(C)CC3COc4ccccc4O3)CCC2=O)c1. The number of aryl methyl sites for hydroxylation is 2. The van der Waals surface area contributed by atoms with E-state index in [0.717, 1.165) is 11.1 Å². The van der Waals surface area contributed by atoms with E-state index in [1.165, 1.54) is 5.01 Å². The molecule has 2 aliphatic rings. The molecule has 7 nitrogen and oxygen atoms in total. The topological polar surface area (TPSA) is 71.4 Å². The van der Waals surface area contributed by atoms with Gasteiger partial charge in [0.1, 0.15) is 12.3 Å². The highest BCUT2D eigenvalue weighted by molar-refractivity contribution is 6.40. The highest BCUT2D eigenvalue weighted by Gasteiger charge is 2.30. The molecule has 0 radical (unpaired) electrons. The van der Waals surface area contributed by atoms with E-state index in [0.29, 0.717) is 42.5 Å². The van der Waals surface area contributed by atoms with Crippen LogP contribution in [0.5, 0.6) is 11.5 Å². The summed E-state index contributed by atoms with van der Waals surface area (Å²) >= 11 is 0. The first kappa shape index (κ1) is 19.9. The van der Waals surface area contributed by atoms with Crippen LogP contribution in [0.4, 0.5) is 5.69 Å². The summed E-state index contributed by atoms with van der Waals surface area (Å²) in [6.07, 6.45) is 0.311. The smallest absolute Gasteiger partial charge is 0.269 e. The highest BCUT2D eigenvalue weighted by atomic mass is 16.6. The van der Waals surface area contributed by atoms with Crippen molar-refractivity contribution in [2.45, 2.75) is 32.8 Å². The fourth-order valence-corrected chi connectivity index (χ4v) is 3.60. The number of nitrogens with zero attached hydrogens (tertiary/aromatic N) is 3. The molecule has 0 N–H and O–H groups in total. The van der Waals surface area contributed by atoms with Crippen molar-refractivity contribution >= 4 is 23.2 Å². The molecule has 2 aromatic carbocycles. The number of amides is 2. The van der Waals surface area contributed by atoms with Gasteiger partial charge in [-0.2, -0.15) is 5.10 Å². The van der Waals surface area contributed by atoms with Crippen molar-refractivity contribution in [2.75, 3.05) is 25.2 Å². The van der Waals surface area contributed by atoms with Gasteiger partial charge in [0.15, 0.2) is 17.6 Å². The number of hydrogen-bond donors (Lipinski definition) is 0. The lowest BCUT2D eigenvalue weighted by molar-refractivity contribution is -0.124. The van der Waals surface area contributed by atoms with Gasteiger partial charge in [0.25, 0.3) is 5.91 Å². The summed E-state index contributed by atoms with van der Waals surface area (Å²) in [5.41, 5.74) is 3.05. The Hall–Kier alpha value is -3.35. The van der Waals surface area contributed by atoms with Gasteiger partial charge in [-0.1, -0.05) is 24.3 Å². The maximum atomic E-state index is 13.0.